The second-order valence-electron chi connectivity index (χ2n) is 3.54. The Morgan fingerprint density at radius 3 is 2.92 bits per heavy atom. The lowest BCUT2D eigenvalue weighted by atomic mass is 10.3. The SMILES string of the molecule is CC1=Nc2c(ncn2C(C)C)C1. The van der Waals surface area contributed by atoms with Crippen molar-refractivity contribution in [1.29, 1.82) is 0 Å². The number of hydrogen-bond acceptors (Lipinski definition) is 2. The van der Waals surface area contributed by atoms with Crippen LogP contribution in [0.15, 0.2) is 11.3 Å². The molecule has 12 heavy (non-hydrogen) atoms. The van der Waals surface area contributed by atoms with E-state index >= 15 is 0 Å². The minimum Gasteiger partial charge on any atom is -0.313 e. The van der Waals surface area contributed by atoms with Crippen LogP contribution in [0.25, 0.3) is 0 Å². The number of hydrogen-bond donors (Lipinski definition) is 0. The molecule has 0 N–H and O–H groups in total. The van der Waals surface area contributed by atoms with Crippen LogP contribution in [0.2, 0.25) is 0 Å². The van der Waals surface area contributed by atoms with Crippen LogP contribution in [-0.2, 0) is 6.42 Å². The quantitative estimate of drug-likeness (QED) is 0.623. The Morgan fingerprint density at radius 2 is 2.25 bits per heavy atom. The van der Waals surface area contributed by atoms with Gasteiger partial charge in [0.05, 0.1) is 12.0 Å². The summed E-state index contributed by atoms with van der Waals surface area (Å²) < 4.78 is 2.12. The highest BCUT2D eigenvalue weighted by Gasteiger charge is 2.18. The Balaban J connectivity index is 2.48. The van der Waals surface area contributed by atoms with Gasteiger partial charge in [0.15, 0.2) is 5.82 Å². The van der Waals surface area contributed by atoms with Crippen LogP contribution in [0.3, 0.4) is 0 Å². The fourth-order valence-electron chi connectivity index (χ4n) is 1.48. The number of imidazole rings is 1. The zero-order valence-electron chi connectivity index (χ0n) is 7.70. The zero-order chi connectivity index (χ0) is 8.72. The molecule has 0 aliphatic carbocycles. The fourth-order valence-corrected chi connectivity index (χ4v) is 1.48. The van der Waals surface area contributed by atoms with E-state index in [0.717, 1.165) is 17.9 Å². The molecule has 64 valence electrons. The molecule has 0 saturated heterocycles. The molecule has 0 radical (unpaired) electrons. The van der Waals surface area contributed by atoms with Crippen molar-refractivity contribution < 1.29 is 0 Å². The van der Waals surface area contributed by atoms with E-state index in [0.29, 0.717) is 6.04 Å². The molecule has 0 unspecified atom stereocenters. The molecule has 0 atom stereocenters. The highest BCUT2D eigenvalue weighted by Crippen LogP contribution is 2.27. The van der Waals surface area contributed by atoms with Crippen LogP contribution in [0.4, 0.5) is 5.82 Å². The third-order valence-corrected chi connectivity index (χ3v) is 2.12. The second kappa shape index (κ2) is 2.44. The number of aliphatic imine (C=N–C) groups is 1. The van der Waals surface area contributed by atoms with E-state index in [4.69, 9.17) is 0 Å². The lowest BCUT2D eigenvalue weighted by molar-refractivity contribution is 0.604. The second-order valence-corrected chi connectivity index (χ2v) is 3.54. The predicted molar refractivity (Wildman–Crippen MR) is 49.1 cm³/mol. The van der Waals surface area contributed by atoms with Crippen molar-refractivity contribution in [2.24, 2.45) is 4.99 Å². The van der Waals surface area contributed by atoms with Gasteiger partial charge in [-0.3, -0.25) is 0 Å². The molecule has 1 aromatic rings. The molecule has 1 aliphatic rings. The third kappa shape index (κ3) is 0.967. The molecule has 0 bridgehead atoms. The smallest absolute Gasteiger partial charge is 0.156 e. The highest BCUT2D eigenvalue weighted by molar-refractivity contribution is 5.90. The maximum Gasteiger partial charge on any atom is 0.156 e. The first-order valence-corrected chi connectivity index (χ1v) is 4.28. The zero-order valence-corrected chi connectivity index (χ0v) is 7.70. The predicted octanol–water partition coefficient (Wildman–Crippen LogP) is 2.11. The number of fused-ring (bicyclic) bond motifs is 1. The Labute approximate surface area is 72.1 Å². The average molecular weight is 163 g/mol. The first kappa shape index (κ1) is 7.53. The average Bonchev–Trinajstić information content (AvgIpc) is 2.43. The van der Waals surface area contributed by atoms with Crippen LogP contribution in [0.1, 0.15) is 32.5 Å². The monoisotopic (exact) mass is 163 g/mol. The molecule has 0 spiro atoms. The molecule has 1 aromatic heterocycles. The topological polar surface area (TPSA) is 30.2 Å². The lowest BCUT2D eigenvalue weighted by Gasteiger charge is -2.07. The summed E-state index contributed by atoms with van der Waals surface area (Å²) in [4.78, 5) is 8.77. The number of nitrogens with zero attached hydrogens (tertiary/aromatic N) is 3. The normalized spacial score (nSPS) is 15.2. The summed E-state index contributed by atoms with van der Waals surface area (Å²) in [5, 5.41) is 0. The fraction of sp³-hybridized carbons (Fsp3) is 0.556. The Morgan fingerprint density at radius 1 is 1.50 bits per heavy atom. The van der Waals surface area contributed by atoms with Gasteiger partial charge in [0, 0.05) is 18.2 Å². The van der Waals surface area contributed by atoms with Crippen molar-refractivity contribution in [2.75, 3.05) is 0 Å². The molecule has 2 heterocycles. The molecule has 0 aromatic carbocycles. The van der Waals surface area contributed by atoms with Crippen molar-refractivity contribution in [3.05, 3.63) is 12.0 Å². The van der Waals surface area contributed by atoms with E-state index in [-0.39, 0.29) is 0 Å². The van der Waals surface area contributed by atoms with Crippen LogP contribution in [0.5, 0.6) is 0 Å². The first-order valence-electron chi connectivity index (χ1n) is 4.28. The molecule has 3 nitrogen and oxygen atoms in total. The van der Waals surface area contributed by atoms with Gasteiger partial charge in [-0.2, -0.15) is 0 Å². The van der Waals surface area contributed by atoms with E-state index in [9.17, 15) is 0 Å². The van der Waals surface area contributed by atoms with E-state index in [1.165, 1.54) is 5.71 Å². The van der Waals surface area contributed by atoms with Gasteiger partial charge in [0.2, 0.25) is 0 Å². The van der Waals surface area contributed by atoms with Crippen LogP contribution < -0.4 is 0 Å². The van der Waals surface area contributed by atoms with E-state index in [1.807, 2.05) is 13.3 Å². The molecule has 0 amide bonds. The minimum atomic E-state index is 0.455. The van der Waals surface area contributed by atoms with Crippen LogP contribution in [-0.4, -0.2) is 15.3 Å². The summed E-state index contributed by atoms with van der Waals surface area (Å²) in [5.74, 6) is 1.06. The number of aromatic nitrogens is 2. The summed E-state index contributed by atoms with van der Waals surface area (Å²) in [6, 6.07) is 0.455. The van der Waals surface area contributed by atoms with E-state index in [2.05, 4.69) is 28.4 Å². The standard InChI is InChI=1S/C9H13N3/c1-6(2)12-5-10-8-4-7(3)11-9(8)12/h5-6H,4H2,1-3H3. The van der Waals surface area contributed by atoms with E-state index in [1.54, 1.807) is 0 Å². The first-order chi connectivity index (χ1) is 5.68. The summed E-state index contributed by atoms with van der Waals surface area (Å²) in [5.41, 5.74) is 2.30. The Kier molecular flexibility index (Phi) is 1.53. The van der Waals surface area contributed by atoms with Crippen molar-refractivity contribution >= 4 is 11.5 Å². The molecular formula is C9H13N3. The van der Waals surface area contributed by atoms with Gasteiger partial charge in [-0.15, -0.1) is 0 Å². The highest BCUT2D eigenvalue weighted by atomic mass is 15.2. The van der Waals surface area contributed by atoms with Gasteiger partial charge >= 0.3 is 0 Å². The van der Waals surface area contributed by atoms with Crippen molar-refractivity contribution in [1.82, 2.24) is 9.55 Å². The largest absolute Gasteiger partial charge is 0.313 e. The van der Waals surface area contributed by atoms with Gasteiger partial charge in [0.25, 0.3) is 0 Å². The Hall–Kier alpha value is -1.12. The van der Waals surface area contributed by atoms with Crippen LogP contribution >= 0.6 is 0 Å². The van der Waals surface area contributed by atoms with Crippen molar-refractivity contribution in [3.8, 4) is 0 Å². The summed E-state index contributed by atoms with van der Waals surface area (Å²) in [6.07, 6.45) is 2.81. The molecular weight excluding hydrogens is 150 g/mol. The molecule has 3 heteroatoms. The maximum atomic E-state index is 4.45. The summed E-state index contributed by atoms with van der Waals surface area (Å²) in [6.45, 7) is 6.34. The van der Waals surface area contributed by atoms with E-state index < -0.39 is 0 Å². The van der Waals surface area contributed by atoms with Gasteiger partial charge in [-0.1, -0.05) is 0 Å². The third-order valence-electron chi connectivity index (χ3n) is 2.12. The maximum absolute atomic E-state index is 4.45. The van der Waals surface area contributed by atoms with Crippen LogP contribution in [0, 0.1) is 0 Å². The number of rotatable bonds is 1. The molecule has 0 fully saturated rings. The van der Waals surface area contributed by atoms with Gasteiger partial charge in [-0.05, 0) is 20.8 Å². The molecule has 1 aliphatic heterocycles. The van der Waals surface area contributed by atoms with Crippen molar-refractivity contribution in [2.45, 2.75) is 33.2 Å². The van der Waals surface area contributed by atoms with Gasteiger partial charge in [0.1, 0.15) is 0 Å². The van der Waals surface area contributed by atoms with Gasteiger partial charge < -0.3 is 4.57 Å². The lowest BCUT2D eigenvalue weighted by Crippen LogP contribution is -1.97. The van der Waals surface area contributed by atoms with Crippen molar-refractivity contribution in [3.63, 3.8) is 0 Å². The molecule has 0 saturated carbocycles. The molecule has 2 rings (SSSR count). The Bertz CT molecular complexity index is 334. The minimum absolute atomic E-state index is 0.455. The summed E-state index contributed by atoms with van der Waals surface area (Å²) in [7, 11) is 0. The van der Waals surface area contributed by atoms with Gasteiger partial charge in [-0.25, -0.2) is 9.98 Å². The summed E-state index contributed by atoms with van der Waals surface area (Å²) >= 11 is 0.